The first-order valence-electron chi connectivity index (χ1n) is 5.42. The van der Waals surface area contributed by atoms with Crippen LogP contribution in [0.4, 0.5) is 5.69 Å². The minimum absolute atomic E-state index is 0.620. The zero-order valence-corrected chi connectivity index (χ0v) is 10.4. The minimum Gasteiger partial charge on any atom is -0.478 e. The van der Waals surface area contributed by atoms with Crippen molar-refractivity contribution in [2.24, 2.45) is 0 Å². The van der Waals surface area contributed by atoms with Gasteiger partial charge >= 0.3 is 0 Å². The van der Waals surface area contributed by atoms with Gasteiger partial charge in [-0.2, -0.15) is 0 Å². The number of aromatic nitrogens is 1. The summed E-state index contributed by atoms with van der Waals surface area (Å²) in [5.41, 5.74) is 6.65. The maximum Gasteiger partial charge on any atom is 0.214 e. The third-order valence-electron chi connectivity index (χ3n) is 2.12. The Kier molecular flexibility index (Phi) is 3.88. The van der Waals surface area contributed by atoms with Gasteiger partial charge in [-0.25, -0.2) is 4.98 Å². The number of ether oxygens (including phenoxy) is 1. The number of benzene rings is 1. The van der Waals surface area contributed by atoms with Gasteiger partial charge < -0.3 is 10.5 Å². The van der Waals surface area contributed by atoms with Crippen LogP contribution < -0.4 is 10.5 Å². The van der Waals surface area contributed by atoms with Crippen molar-refractivity contribution in [1.29, 1.82) is 0 Å². The molecule has 3 nitrogen and oxygen atoms in total. The van der Waals surface area contributed by atoms with Crippen molar-refractivity contribution < 1.29 is 4.74 Å². The molecule has 0 saturated carbocycles. The average molecular weight is 246 g/mol. The van der Waals surface area contributed by atoms with Crippen LogP contribution >= 0.6 is 11.8 Å². The van der Waals surface area contributed by atoms with Crippen molar-refractivity contribution in [3.8, 4) is 5.88 Å². The van der Waals surface area contributed by atoms with Crippen LogP contribution in [-0.2, 0) is 0 Å². The Labute approximate surface area is 105 Å². The van der Waals surface area contributed by atoms with Crippen molar-refractivity contribution in [2.75, 3.05) is 12.3 Å². The highest BCUT2D eigenvalue weighted by Crippen LogP contribution is 2.31. The first kappa shape index (κ1) is 11.8. The SMILES string of the molecule is CCOc1cccc(Sc2ccccc2N)n1. The smallest absolute Gasteiger partial charge is 0.214 e. The molecule has 0 aliphatic rings. The molecule has 2 N–H and O–H groups in total. The van der Waals surface area contributed by atoms with E-state index in [1.54, 1.807) is 0 Å². The molecular weight excluding hydrogens is 232 g/mol. The second-order valence-corrected chi connectivity index (χ2v) is 4.45. The summed E-state index contributed by atoms with van der Waals surface area (Å²) in [6.07, 6.45) is 0. The summed E-state index contributed by atoms with van der Waals surface area (Å²) in [7, 11) is 0. The van der Waals surface area contributed by atoms with Crippen LogP contribution in [0.1, 0.15) is 6.92 Å². The first-order valence-corrected chi connectivity index (χ1v) is 6.23. The summed E-state index contributed by atoms with van der Waals surface area (Å²) in [6.45, 7) is 2.56. The Hall–Kier alpha value is -1.68. The number of hydrogen-bond acceptors (Lipinski definition) is 4. The number of nitrogens with zero attached hydrogens (tertiary/aromatic N) is 1. The molecular formula is C13H14N2OS. The number of nitrogens with two attached hydrogens (primary N) is 1. The summed E-state index contributed by atoms with van der Waals surface area (Å²) in [6, 6.07) is 13.5. The quantitative estimate of drug-likeness (QED) is 0.841. The molecule has 0 unspecified atom stereocenters. The summed E-state index contributed by atoms with van der Waals surface area (Å²) >= 11 is 1.54. The van der Waals surface area contributed by atoms with Gasteiger partial charge in [-0.05, 0) is 25.1 Å². The van der Waals surface area contributed by atoms with Gasteiger partial charge in [0.2, 0.25) is 5.88 Å². The van der Waals surface area contributed by atoms with E-state index >= 15 is 0 Å². The number of pyridine rings is 1. The molecule has 2 aromatic rings. The molecule has 4 heteroatoms. The lowest BCUT2D eigenvalue weighted by Crippen LogP contribution is -1.94. The van der Waals surface area contributed by atoms with Gasteiger partial charge in [0.05, 0.1) is 6.61 Å². The normalized spacial score (nSPS) is 10.2. The second-order valence-electron chi connectivity index (χ2n) is 3.39. The van der Waals surface area contributed by atoms with Gasteiger partial charge in [-0.3, -0.25) is 0 Å². The summed E-state index contributed by atoms with van der Waals surface area (Å²) < 4.78 is 5.36. The molecule has 1 aromatic carbocycles. The van der Waals surface area contributed by atoms with E-state index in [4.69, 9.17) is 10.5 Å². The van der Waals surface area contributed by atoms with Gasteiger partial charge in [-0.1, -0.05) is 30.0 Å². The number of nitrogen functional groups attached to an aromatic ring is 1. The van der Waals surface area contributed by atoms with Gasteiger partial charge in [0.1, 0.15) is 5.03 Å². The fourth-order valence-corrected chi connectivity index (χ4v) is 2.21. The Morgan fingerprint density at radius 2 is 2.00 bits per heavy atom. The predicted octanol–water partition coefficient (Wildman–Crippen LogP) is 3.21. The number of anilines is 1. The summed E-state index contributed by atoms with van der Waals surface area (Å²) in [5, 5.41) is 0.883. The van der Waals surface area contributed by atoms with Gasteiger partial charge in [0.15, 0.2) is 0 Å². The number of rotatable bonds is 4. The summed E-state index contributed by atoms with van der Waals surface area (Å²) in [4.78, 5) is 5.39. The largest absolute Gasteiger partial charge is 0.478 e. The fraction of sp³-hybridized carbons (Fsp3) is 0.154. The highest BCUT2D eigenvalue weighted by atomic mass is 32.2. The standard InChI is InChI=1S/C13H14N2OS/c1-2-16-12-8-5-9-13(15-12)17-11-7-4-3-6-10(11)14/h3-9H,2,14H2,1H3. The zero-order valence-electron chi connectivity index (χ0n) is 9.59. The highest BCUT2D eigenvalue weighted by Gasteiger charge is 2.03. The molecule has 2 rings (SSSR count). The van der Waals surface area contributed by atoms with Gasteiger partial charge in [0.25, 0.3) is 0 Å². The Morgan fingerprint density at radius 1 is 1.18 bits per heavy atom. The molecule has 0 radical (unpaired) electrons. The fourth-order valence-electron chi connectivity index (χ4n) is 1.37. The van der Waals surface area contributed by atoms with E-state index < -0.39 is 0 Å². The van der Waals surface area contributed by atoms with Crippen LogP contribution in [0.15, 0.2) is 52.4 Å². The highest BCUT2D eigenvalue weighted by molar-refractivity contribution is 7.99. The lowest BCUT2D eigenvalue weighted by molar-refractivity contribution is 0.324. The first-order chi connectivity index (χ1) is 8.29. The van der Waals surface area contributed by atoms with Crippen LogP contribution in [0.3, 0.4) is 0 Å². The molecule has 0 aliphatic heterocycles. The molecule has 0 aliphatic carbocycles. The lowest BCUT2D eigenvalue weighted by Gasteiger charge is -2.06. The van der Waals surface area contributed by atoms with Crippen LogP contribution in [0.2, 0.25) is 0 Å². The third-order valence-corrected chi connectivity index (χ3v) is 3.15. The maximum atomic E-state index is 5.89. The molecule has 0 amide bonds. The van der Waals surface area contributed by atoms with E-state index in [0.717, 1.165) is 15.6 Å². The van der Waals surface area contributed by atoms with E-state index in [9.17, 15) is 0 Å². The van der Waals surface area contributed by atoms with Crippen molar-refractivity contribution in [3.05, 3.63) is 42.5 Å². The Bertz CT molecular complexity index is 502. The molecule has 17 heavy (non-hydrogen) atoms. The maximum absolute atomic E-state index is 5.89. The van der Waals surface area contributed by atoms with E-state index in [2.05, 4.69) is 4.98 Å². The van der Waals surface area contributed by atoms with Crippen molar-refractivity contribution >= 4 is 17.4 Å². The average Bonchev–Trinajstić information content (AvgIpc) is 2.33. The molecule has 0 saturated heterocycles. The number of para-hydroxylation sites is 1. The van der Waals surface area contributed by atoms with Crippen LogP contribution in [0.5, 0.6) is 5.88 Å². The third kappa shape index (κ3) is 3.14. The zero-order chi connectivity index (χ0) is 12.1. The van der Waals surface area contributed by atoms with Crippen LogP contribution in [0.25, 0.3) is 0 Å². The van der Waals surface area contributed by atoms with E-state index in [1.165, 1.54) is 11.8 Å². The van der Waals surface area contributed by atoms with Crippen molar-refractivity contribution in [1.82, 2.24) is 4.98 Å². The molecule has 0 bridgehead atoms. The van der Waals surface area contributed by atoms with E-state index in [0.29, 0.717) is 12.5 Å². The van der Waals surface area contributed by atoms with E-state index in [-0.39, 0.29) is 0 Å². The molecule has 0 atom stereocenters. The Morgan fingerprint density at radius 3 is 2.76 bits per heavy atom. The predicted molar refractivity (Wildman–Crippen MR) is 70.4 cm³/mol. The second kappa shape index (κ2) is 5.59. The van der Waals surface area contributed by atoms with Crippen molar-refractivity contribution in [2.45, 2.75) is 16.8 Å². The summed E-state index contributed by atoms with van der Waals surface area (Å²) in [5.74, 6) is 0.645. The van der Waals surface area contributed by atoms with Gasteiger partial charge in [0, 0.05) is 16.6 Å². The molecule has 0 fully saturated rings. The molecule has 1 aromatic heterocycles. The van der Waals surface area contributed by atoms with Crippen LogP contribution in [-0.4, -0.2) is 11.6 Å². The lowest BCUT2D eigenvalue weighted by atomic mass is 10.3. The molecule has 88 valence electrons. The van der Waals surface area contributed by atoms with Crippen LogP contribution in [0, 0.1) is 0 Å². The van der Waals surface area contributed by atoms with Gasteiger partial charge in [-0.15, -0.1) is 0 Å². The van der Waals surface area contributed by atoms with E-state index in [1.807, 2.05) is 49.4 Å². The van der Waals surface area contributed by atoms with Crippen molar-refractivity contribution in [3.63, 3.8) is 0 Å². The topological polar surface area (TPSA) is 48.1 Å². The molecule has 1 heterocycles. The number of hydrogen-bond donors (Lipinski definition) is 1. The monoisotopic (exact) mass is 246 g/mol. The minimum atomic E-state index is 0.620. The Balaban J connectivity index is 2.18. The molecule has 0 spiro atoms.